The molecule has 8 heteroatoms. The van der Waals surface area contributed by atoms with E-state index in [4.69, 9.17) is 9.47 Å². The lowest BCUT2D eigenvalue weighted by atomic mass is 9.31. The molecule has 0 aromatic heterocycles. The molecule has 0 aromatic rings. The minimum atomic E-state index is -0.997. The summed E-state index contributed by atoms with van der Waals surface area (Å²) >= 11 is 0. The fourth-order valence-corrected chi connectivity index (χ4v) is 8.51. The average molecular weight is 561 g/mol. The monoisotopic (exact) mass is 560 g/mol. The van der Waals surface area contributed by atoms with E-state index in [1.807, 2.05) is 0 Å². The molecule has 0 amide bonds. The van der Waals surface area contributed by atoms with Crippen molar-refractivity contribution in [3.8, 4) is 0 Å². The van der Waals surface area contributed by atoms with E-state index >= 15 is 0 Å². The highest BCUT2D eigenvalue weighted by molar-refractivity contribution is 5.87. The lowest BCUT2D eigenvalue weighted by Gasteiger charge is -2.70. The Morgan fingerprint density at radius 2 is 1.00 bits per heavy atom. The second kappa shape index (κ2) is 13.3. The summed E-state index contributed by atoms with van der Waals surface area (Å²) in [5, 5.41) is 21.5. The van der Waals surface area contributed by atoms with Gasteiger partial charge in [-0.05, 0) is 83.5 Å². The third kappa shape index (κ3) is 6.31. The van der Waals surface area contributed by atoms with Crippen LogP contribution < -0.4 is 0 Å². The van der Waals surface area contributed by atoms with Crippen LogP contribution in [0.4, 0.5) is 0 Å². The van der Waals surface area contributed by atoms with E-state index in [2.05, 4.69) is 13.2 Å². The predicted octanol–water partition coefficient (Wildman–Crippen LogP) is 6.48. The van der Waals surface area contributed by atoms with Gasteiger partial charge in [-0.25, -0.2) is 9.59 Å². The first-order valence-corrected chi connectivity index (χ1v) is 15.0. The average Bonchev–Trinajstić information content (AvgIpc) is 2.88. The van der Waals surface area contributed by atoms with Crippen LogP contribution in [0.5, 0.6) is 0 Å². The lowest BCUT2D eigenvalue weighted by Crippen LogP contribution is -2.70. The first kappa shape index (κ1) is 31.9. The molecule has 224 valence electrons. The molecule has 4 aliphatic carbocycles. The van der Waals surface area contributed by atoms with Gasteiger partial charge in [-0.2, -0.15) is 0 Å². The van der Waals surface area contributed by atoms with Crippen molar-refractivity contribution in [2.75, 3.05) is 13.2 Å². The molecule has 0 atom stereocenters. The Labute approximate surface area is 238 Å². The van der Waals surface area contributed by atoms with Crippen molar-refractivity contribution in [2.45, 2.75) is 110 Å². The fraction of sp³-hybridized carbons (Fsp3) is 0.750. The van der Waals surface area contributed by atoms with Gasteiger partial charge in [0.25, 0.3) is 0 Å². The third-order valence-corrected chi connectivity index (χ3v) is 10.0. The molecular formula is C32H48O8. The van der Waals surface area contributed by atoms with Crippen molar-refractivity contribution < 1.29 is 38.9 Å². The molecule has 0 spiro atoms. The molecule has 0 radical (unpaired) electrons. The Morgan fingerprint density at radius 1 is 0.650 bits per heavy atom. The molecule has 0 heterocycles. The van der Waals surface area contributed by atoms with Gasteiger partial charge in [0.2, 0.25) is 0 Å². The van der Waals surface area contributed by atoms with Gasteiger partial charge in [-0.1, -0.05) is 51.7 Å². The number of carboxylic acid groups (broad SMARTS) is 2. The molecule has 40 heavy (non-hydrogen) atoms. The molecule has 4 aliphatic rings. The Morgan fingerprint density at radius 3 is 1.32 bits per heavy atom. The Bertz CT molecular complexity index is 905. The number of hydrogen-bond donors (Lipinski definition) is 2. The minimum absolute atomic E-state index is 0.166. The normalized spacial score (nSPS) is 27.6. The van der Waals surface area contributed by atoms with Crippen molar-refractivity contribution in [2.24, 2.45) is 28.1 Å². The van der Waals surface area contributed by atoms with Crippen LogP contribution in [-0.2, 0) is 28.7 Å². The lowest BCUT2D eigenvalue weighted by molar-refractivity contribution is -0.248. The zero-order chi connectivity index (χ0) is 29.6. The Hall–Kier alpha value is -2.64. The number of carbonyl (C=O) groups excluding carboxylic acids is 2. The first-order chi connectivity index (χ1) is 18.9. The van der Waals surface area contributed by atoms with E-state index in [1.54, 1.807) is 13.8 Å². The van der Waals surface area contributed by atoms with Crippen LogP contribution in [0.1, 0.15) is 110 Å². The summed E-state index contributed by atoms with van der Waals surface area (Å²) in [6.45, 7) is 11.0. The van der Waals surface area contributed by atoms with Crippen molar-refractivity contribution in [3.63, 3.8) is 0 Å². The maximum Gasteiger partial charge on any atom is 0.333 e. The molecule has 2 N–H and O–H groups in total. The number of hydrogen-bond acceptors (Lipinski definition) is 6. The summed E-state index contributed by atoms with van der Waals surface area (Å²) in [5.74, 6) is -2.09. The van der Waals surface area contributed by atoms with Crippen LogP contribution in [0.3, 0.4) is 0 Å². The third-order valence-electron chi connectivity index (χ3n) is 10.0. The van der Waals surface area contributed by atoms with Crippen LogP contribution in [0, 0.1) is 28.1 Å². The molecule has 4 fully saturated rings. The highest BCUT2D eigenvalue weighted by Gasteiger charge is 2.76. The summed E-state index contributed by atoms with van der Waals surface area (Å²) in [4.78, 5) is 49.4. The summed E-state index contributed by atoms with van der Waals surface area (Å²) in [7, 11) is 0. The van der Waals surface area contributed by atoms with Gasteiger partial charge in [-0.3, -0.25) is 9.59 Å². The maximum atomic E-state index is 13.1. The van der Waals surface area contributed by atoms with Gasteiger partial charge in [0.15, 0.2) is 0 Å². The van der Waals surface area contributed by atoms with E-state index in [1.165, 1.54) is 0 Å². The molecular weight excluding hydrogens is 512 g/mol. The molecule has 8 nitrogen and oxygen atoms in total. The summed E-state index contributed by atoms with van der Waals surface area (Å²) in [5.41, 5.74) is -2.04. The van der Waals surface area contributed by atoms with Gasteiger partial charge in [0.1, 0.15) is 0 Å². The predicted molar refractivity (Wildman–Crippen MR) is 150 cm³/mol. The molecule has 0 aliphatic heterocycles. The van der Waals surface area contributed by atoms with E-state index in [0.29, 0.717) is 75.7 Å². The van der Waals surface area contributed by atoms with E-state index in [9.17, 15) is 29.4 Å². The van der Waals surface area contributed by atoms with Crippen LogP contribution >= 0.6 is 0 Å². The SMILES string of the molecule is C=C(C)C(=O)OCCCCCCC1(CCCCCCOC(=O)C(=C)C)C2(C(=O)O)CC3CC(C2)CC1(C(=O)O)C3. The van der Waals surface area contributed by atoms with E-state index < -0.39 is 40.1 Å². The van der Waals surface area contributed by atoms with Crippen molar-refractivity contribution >= 4 is 23.9 Å². The molecule has 4 bridgehead atoms. The van der Waals surface area contributed by atoms with Gasteiger partial charge in [0.05, 0.1) is 24.0 Å². The Balaban J connectivity index is 1.69. The largest absolute Gasteiger partial charge is 0.481 e. The second-order valence-electron chi connectivity index (χ2n) is 12.8. The topological polar surface area (TPSA) is 127 Å². The number of carboxylic acids is 2. The number of carbonyl (C=O) groups is 4. The standard InChI is InChI=1S/C32H48O8/c1-22(2)26(33)39-15-11-7-5-9-13-32(14-10-6-8-12-16-40-27(34)23(3)4)30(28(35)36)18-24-17-25(20-30)21-31(32,19-24)29(37)38/h24-25H,1,3,5-21H2,2,4H3,(H,35,36)(H,37,38). The van der Waals surface area contributed by atoms with Crippen LogP contribution in [0.2, 0.25) is 0 Å². The van der Waals surface area contributed by atoms with Crippen molar-refractivity contribution in [1.29, 1.82) is 0 Å². The van der Waals surface area contributed by atoms with Crippen LogP contribution in [0.15, 0.2) is 24.3 Å². The van der Waals surface area contributed by atoms with Crippen molar-refractivity contribution in [3.05, 3.63) is 24.3 Å². The Kier molecular flexibility index (Phi) is 10.6. The zero-order valence-electron chi connectivity index (χ0n) is 24.4. The zero-order valence-corrected chi connectivity index (χ0v) is 24.4. The van der Waals surface area contributed by atoms with Crippen molar-refractivity contribution in [1.82, 2.24) is 0 Å². The number of rotatable bonds is 18. The molecule has 0 saturated heterocycles. The molecule has 4 rings (SSSR count). The van der Waals surface area contributed by atoms with Gasteiger partial charge >= 0.3 is 23.9 Å². The smallest absolute Gasteiger partial charge is 0.333 e. The van der Waals surface area contributed by atoms with Gasteiger partial charge in [0, 0.05) is 16.6 Å². The molecule has 0 aromatic carbocycles. The fourth-order valence-electron chi connectivity index (χ4n) is 8.51. The second-order valence-corrected chi connectivity index (χ2v) is 12.8. The summed E-state index contributed by atoms with van der Waals surface area (Å²) < 4.78 is 10.4. The number of ether oxygens (including phenoxy) is 2. The first-order valence-electron chi connectivity index (χ1n) is 15.0. The summed E-state index contributed by atoms with van der Waals surface area (Å²) in [6, 6.07) is 0. The van der Waals surface area contributed by atoms with Gasteiger partial charge < -0.3 is 19.7 Å². The van der Waals surface area contributed by atoms with E-state index in [0.717, 1.165) is 44.9 Å². The highest BCUT2D eigenvalue weighted by Crippen LogP contribution is 2.76. The molecule has 4 saturated carbocycles. The molecule has 0 unspecified atom stereocenters. The number of esters is 2. The number of aliphatic carboxylic acids is 2. The minimum Gasteiger partial charge on any atom is -0.481 e. The highest BCUT2D eigenvalue weighted by atomic mass is 16.5. The van der Waals surface area contributed by atoms with Crippen LogP contribution in [-0.4, -0.2) is 47.3 Å². The maximum absolute atomic E-state index is 13.1. The summed E-state index contributed by atoms with van der Waals surface area (Å²) in [6.07, 6.45) is 10.7. The quantitative estimate of drug-likeness (QED) is 0.111. The van der Waals surface area contributed by atoms with Crippen LogP contribution in [0.25, 0.3) is 0 Å². The van der Waals surface area contributed by atoms with Gasteiger partial charge in [-0.15, -0.1) is 0 Å². The number of unbranched alkanes of at least 4 members (excludes halogenated alkanes) is 6. The van der Waals surface area contributed by atoms with E-state index in [-0.39, 0.29) is 11.8 Å².